The first kappa shape index (κ1) is 21.1. The summed E-state index contributed by atoms with van der Waals surface area (Å²) in [4.78, 5) is 0. The van der Waals surface area contributed by atoms with E-state index in [4.69, 9.17) is 24.4 Å². The lowest BCUT2D eigenvalue weighted by atomic mass is 9.78. The van der Waals surface area contributed by atoms with E-state index in [2.05, 4.69) is 16.3 Å². The lowest BCUT2D eigenvalue weighted by molar-refractivity contribution is 0.317. The fourth-order valence-electron chi connectivity index (χ4n) is 3.89. The van der Waals surface area contributed by atoms with E-state index in [0.717, 1.165) is 0 Å². The minimum Gasteiger partial charge on any atom is -0.504 e. The molecule has 0 saturated carbocycles. The number of H-pyrrole nitrogens is 1. The summed E-state index contributed by atoms with van der Waals surface area (Å²) in [5.74, 6) is -0.0194. The van der Waals surface area contributed by atoms with Crippen molar-refractivity contribution in [2.24, 2.45) is 5.92 Å². The van der Waals surface area contributed by atoms with E-state index in [1.54, 1.807) is 44.6 Å². The quantitative estimate of drug-likeness (QED) is 0.537. The van der Waals surface area contributed by atoms with Crippen LogP contribution in [0.1, 0.15) is 24.0 Å². The summed E-state index contributed by atoms with van der Waals surface area (Å²) in [5, 5.41) is 35.6. The van der Waals surface area contributed by atoms with Gasteiger partial charge in [0, 0.05) is 11.5 Å². The van der Waals surface area contributed by atoms with Crippen LogP contribution in [-0.2, 0) is 0 Å². The van der Waals surface area contributed by atoms with Gasteiger partial charge in [-0.05, 0) is 42.8 Å². The number of fused-ring (bicyclic) bond motifs is 1. The molecule has 9 nitrogen and oxygen atoms in total. The van der Waals surface area contributed by atoms with Crippen molar-refractivity contribution < 1.29 is 24.1 Å². The van der Waals surface area contributed by atoms with E-state index < -0.39 is 11.8 Å². The summed E-state index contributed by atoms with van der Waals surface area (Å²) in [6.07, 6.45) is 0. The summed E-state index contributed by atoms with van der Waals surface area (Å²) in [6.45, 7) is 2.18. The molecule has 0 saturated heterocycles. The van der Waals surface area contributed by atoms with Crippen molar-refractivity contribution in [3.63, 3.8) is 0 Å². The second-order valence-corrected chi connectivity index (χ2v) is 7.09. The molecule has 2 unspecified atom stereocenters. The van der Waals surface area contributed by atoms with Crippen LogP contribution < -0.4 is 18.9 Å². The maximum absolute atomic E-state index is 10.1. The average molecular weight is 434 g/mol. The SMILES string of the molecule is CCOc1cc(C2c3c(n[nH]c3-c3cc(OC)ccc3OC)OC(=N)C2C#N)ccc1O. The molecule has 0 aliphatic carbocycles. The van der Waals surface area contributed by atoms with Crippen LogP contribution in [-0.4, -0.2) is 42.0 Å². The third-order valence-corrected chi connectivity index (χ3v) is 5.36. The molecule has 3 N–H and O–H groups in total. The first-order chi connectivity index (χ1) is 15.5. The molecular formula is C23H22N4O5. The van der Waals surface area contributed by atoms with Gasteiger partial charge in [-0.1, -0.05) is 6.07 Å². The molecule has 0 bridgehead atoms. The number of phenols is 1. The number of methoxy groups -OCH3 is 2. The van der Waals surface area contributed by atoms with Crippen LogP contribution in [0, 0.1) is 22.7 Å². The molecule has 0 amide bonds. The van der Waals surface area contributed by atoms with Crippen molar-refractivity contribution in [1.82, 2.24) is 10.2 Å². The maximum atomic E-state index is 10.1. The van der Waals surface area contributed by atoms with Crippen LogP contribution in [0.5, 0.6) is 28.9 Å². The zero-order valence-electron chi connectivity index (χ0n) is 17.8. The molecule has 0 radical (unpaired) electrons. The smallest absolute Gasteiger partial charge is 0.244 e. The van der Waals surface area contributed by atoms with Gasteiger partial charge in [-0.3, -0.25) is 10.5 Å². The van der Waals surface area contributed by atoms with E-state index in [1.807, 2.05) is 6.92 Å². The standard InChI is InChI=1S/C23H22N4O5/c1-4-31-18-9-12(5-7-16(18)28)19-15(11-24)22(25)32-23-20(19)21(26-27-23)14-10-13(29-2)6-8-17(14)30-3/h5-10,15,19,25,28H,4H2,1-3H3,(H,26,27). The molecule has 1 aliphatic heterocycles. The monoisotopic (exact) mass is 434 g/mol. The Morgan fingerprint density at radius 3 is 2.69 bits per heavy atom. The molecule has 1 aromatic heterocycles. The minimum absolute atomic E-state index is 0.00616. The Hall–Kier alpha value is -4.19. The Balaban J connectivity index is 1.95. The second kappa shape index (κ2) is 8.51. The van der Waals surface area contributed by atoms with Gasteiger partial charge >= 0.3 is 0 Å². The highest BCUT2D eigenvalue weighted by molar-refractivity contribution is 5.87. The van der Waals surface area contributed by atoms with Gasteiger partial charge in [0.05, 0.1) is 38.2 Å². The van der Waals surface area contributed by atoms with E-state index in [9.17, 15) is 10.4 Å². The number of benzene rings is 2. The summed E-state index contributed by atoms with van der Waals surface area (Å²) >= 11 is 0. The molecule has 0 fully saturated rings. The number of hydrogen-bond donors (Lipinski definition) is 3. The molecule has 2 atom stereocenters. The number of hydrogen-bond acceptors (Lipinski definition) is 8. The lowest BCUT2D eigenvalue weighted by Gasteiger charge is -2.28. The highest BCUT2D eigenvalue weighted by Crippen LogP contribution is 2.48. The van der Waals surface area contributed by atoms with Crippen molar-refractivity contribution in [2.45, 2.75) is 12.8 Å². The molecule has 164 valence electrons. The zero-order chi connectivity index (χ0) is 22.8. The number of nitrogens with one attached hydrogen (secondary N) is 2. The second-order valence-electron chi connectivity index (χ2n) is 7.09. The van der Waals surface area contributed by atoms with Crippen LogP contribution in [0.15, 0.2) is 36.4 Å². The average Bonchev–Trinajstić information content (AvgIpc) is 3.22. The van der Waals surface area contributed by atoms with Crippen LogP contribution in [0.3, 0.4) is 0 Å². The van der Waals surface area contributed by atoms with E-state index >= 15 is 0 Å². The van der Waals surface area contributed by atoms with Crippen LogP contribution in [0.25, 0.3) is 11.3 Å². The summed E-state index contributed by atoms with van der Waals surface area (Å²) in [7, 11) is 3.13. The third kappa shape index (κ3) is 3.46. The first-order valence-corrected chi connectivity index (χ1v) is 9.94. The number of aromatic nitrogens is 2. The van der Waals surface area contributed by atoms with Gasteiger partial charge in [-0.25, -0.2) is 0 Å². The Morgan fingerprint density at radius 1 is 1.19 bits per heavy atom. The molecule has 3 aromatic rings. The Bertz CT molecular complexity index is 1210. The van der Waals surface area contributed by atoms with Gasteiger partial charge in [0.25, 0.3) is 0 Å². The summed E-state index contributed by atoms with van der Waals surface area (Å²) < 4.78 is 22.0. The molecule has 2 heterocycles. The van der Waals surface area contributed by atoms with Crippen LogP contribution in [0.4, 0.5) is 0 Å². The van der Waals surface area contributed by atoms with E-state index in [1.165, 1.54) is 6.07 Å². The Morgan fingerprint density at radius 2 is 2.00 bits per heavy atom. The van der Waals surface area contributed by atoms with Gasteiger partial charge < -0.3 is 24.1 Å². The third-order valence-electron chi connectivity index (χ3n) is 5.36. The van der Waals surface area contributed by atoms with Gasteiger partial charge in [-0.2, -0.15) is 5.26 Å². The summed E-state index contributed by atoms with van der Waals surface area (Å²) in [6, 6.07) is 12.4. The predicted molar refractivity (Wildman–Crippen MR) is 116 cm³/mol. The number of aromatic hydroxyl groups is 1. The van der Waals surface area contributed by atoms with Crippen molar-refractivity contribution in [3.8, 4) is 46.2 Å². The number of rotatable bonds is 6. The largest absolute Gasteiger partial charge is 0.504 e. The number of phenolic OH excluding ortho intramolecular Hbond substituents is 1. The fourth-order valence-corrected chi connectivity index (χ4v) is 3.89. The topological polar surface area (TPSA) is 133 Å². The van der Waals surface area contributed by atoms with Crippen molar-refractivity contribution in [3.05, 3.63) is 47.5 Å². The predicted octanol–water partition coefficient (Wildman–Crippen LogP) is 3.84. The number of ether oxygens (including phenoxy) is 4. The lowest BCUT2D eigenvalue weighted by Crippen LogP contribution is -2.30. The summed E-state index contributed by atoms with van der Waals surface area (Å²) in [5.41, 5.74) is 2.53. The fraction of sp³-hybridized carbons (Fsp3) is 0.261. The van der Waals surface area contributed by atoms with Gasteiger partial charge in [0.1, 0.15) is 17.4 Å². The number of aromatic amines is 1. The minimum atomic E-state index is -0.908. The van der Waals surface area contributed by atoms with Gasteiger partial charge in [0.2, 0.25) is 11.8 Å². The molecule has 0 spiro atoms. The molecule has 4 rings (SSSR count). The van der Waals surface area contributed by atoms with E-state index in [-0.39, 0.29) is 17.5 Å². The van der Waals surface area contributed by atoms with E-state index in [0.29, 0.717) is 46.2 Å². The molecule has 9 heteroatoms. The number of nitriles is 1. The highest BCUT2D eigenvalue weighted by atomic mass is 16.5. The number of nitrogens with zero attached hydrogens (tertiary/aromatic N) is 2. The molecular weight excluding hydrogens is 412 g/mol. The normalized spacial score (nSPS) is 17.1. The van der Waals surface area contributed by atoms with Gasteiger partial charge in [0.15, 0.2) is 11.5 Å². The first-order valence-electron chi connectivity index (χ1n) is 9.94. The highest BCUT2D eigenvalue weighted by Gasteiger charge is 2.41. The van der Waals surface area contributed by atoms with Crippen molar-refractivity contribution >= 4 is 5.90 Å². The maximum Gasteiger partial charge on any atom is 0.244 e. The van der Waals surface area contributed by atoms with Gasteiger partial charge in [-0.15, -0.1) is 5.10 Å². The molecule has 2 aromatic carbocycles. The van der Waals surface area contributed by atoms with Crippen molar-refractivity contribution in [2.75, 3.05) is 20.8 Å². The zero-order valence-corrected chi connectivity index (χ0v) is 17.8. The molecule has 1 aliphatic rings. The van der Waals surface area contributed by atoms with Crippen LogP contribution >= 0.6 is 0 Å². The molecule has 32 heavy (non-hydrogen) atoms. The Labute approximate surface area is 184 Å². The Kier molecular flexibility index (Phi) is 5.60. The van der Waals surface area contributed by atoms with Crippen molar-refractivity contribution in [1.29, 1.82) is 10.7 Å². The van der Waals surface area contributed by atoms with Crippen LogP contribution in [0.2, 0.25) is 0 Å².